The van der Waals surface area contributed by atoms with E-state index in [1.54, 1.807) is 0 Å². The van der Waals surface area contributed by atoms with Gasteiger partial charge in [0.15, 0.2) is 0 Å². The second kappa shape index (κ2) is 4.19. The van der Waals surface area contributed by atoms with Crippen LogP contribution < -0.4 is 0 Å². The van der Waals surface area contributed by atoms with Crippen molar-refractivity contribution in [1.29, 1.82) is 0 Å². The van der Waals surface area contributed by atoms with Crippen LogP contribution in [0.1, 0.15) is 28.0 Å². The largest absolute Gasteiger partial charge is 0.274 e. The Morgan fingerprint density at radius 3 is 2.57 bits per heavy atom. The lowest BCUT2D eigenvalue weighted by Crippen LogP contribution is -2.01. The highest BCUT2D eigenvalue weighted by Crippen LogP contribution is 2.27. The van der Waals surface area contributed by atoms with Gasteiger partial charge in [-0.25, -0.2) is 13.8 Å². The highest BCUT2D eigenvalue weighted by molar-refractivity contribution is 6.67. The number of halogens is 4. The first-order chi connectivity index (χ1) is 6.43. The number of alkyl halides is 2. The van der Waals surface area contributed by atoms with Crippen molar-refractivity contribution in [2.45, 2.75) is 13.3 Å². The van der Waals surface area contributed by atoms with Crippen LogP contribution >= 0.6 is 23.2 Å². The molecular weight excluding hydrogens is 235 g/mol. The lowest BCUT2D eigenvalue weighted by Gasteiger charge is -2.06. The zero-order chi connectivity index (χ0) is 10.9. The van der Waals surface area contributed by atoms with Gasteiger partial charge in [0, 0.05) is 0 Å². The van der Waals surface area contributed by atoms with Crippen molar-refractivity contribution in [1.82, 2.24) is 4.98 Å². The van der Waals surface area contributed by atoms with Gasteiger partial charge in [0.2, 0.25) is 0 Å². The quantitative estimate of drug-likeness (QED) is 0.586. The van der Waals surface area contributed by atoms with Gasteiger partial charge in [-0.05, 0) is 30.2 Å². The Balaban J connectivity index is 3.31. The Bertz CT molecular complexity index is 382. The molecule has 14 heavy (non-hydrogen) atoms. The summed E-state index contributed by atoms with van der Waals surface area (Å²) in [5, 5.41) is -1.21. The summed E-state index contributed by atoms with van der Waals surface area (Å²) in [4.78, 5) is 14.3. The first-order valence-corrected chi connectivity index (χ1v) is 4.34. The van der Waals surface area contributed by atoms with Gasteiger partial charge in [-0.2, -0.15) is 0 Å². The summed E-state index contributed by atoms with van der Waals surface area (Å²) in [6, 6.07) is 1.11. The summed E-state index contributed by atoms with van der Waals surface area (Å²) in [6.45, 7) is 1.46. The number of carbonyl (C=O) groups is 1. The van der Waals surface area contributed by atoms with E-state index in [-0.39, 0.29) is 11.3 Å². The molecule has 1 heterocycles. The molecule has 0 aliphatic carbocycles. The molecule has 76 valence electrons. The third-order valence-electron chi connectivity index (χ3n) is 1.61. The van der Waals surface area contributed by atoms with Crippen molar-refractivity contribution in [3.8, 4) is 0 Å². The first kappa shape index (κ1) is 11.3. The molecule has 0 aliphatic heterocycles. The van der Waals surface area contributed by atoms with E-state index in [0.717, 1.165) is 6.07 Å². The van der Waals surface area contributed by atoms with E-state index in [2.05, 4.69) is 4.98 Å². The SMILES string of the molecule is Cc1cc(C(F)F)c(Cl)nc1C(=O)Cl. The van der Waals surface area contributed by atoms with Gasteiger partial charge in [-0.15, -0.1) is 0 Å². The van der Waals surface area contributed by atoms with Crippen LogP contribution in [0.15, 0.2) is 6.07 Å². The van der Waals surface area contributed by atoms with Crippen molar-refractivity contribution in [2.75, 3.05) is 0 Å². The average molecular weight is 240 g/mol. The van der Waals surface area contributed by atoms with E-state index in [0.29, 0.717) is 0 Å². The summed E-state index contributed by atoms with van der Waals surface area (Å²) in [5.41, 5.74) is -0.211. The topological polar surface area (TPSA) is 30.0 Å². The lowest BCUT2D eigenvalue weighted by atomic mass is 10.1. The number of carbonyl (C=O) groups excluding carboxylic acids is 1. The van der Waals surface area contributed by atoms with E-state index < -0.39 is 22.4 Å². The molecular formula is C8H5Cl2F2NO. The molecule has 1 aromatic heterocycles. The van der Waals surface area contributed by atoms with Crippen molar-refractivity contribution in [3.63, 3.8) is 0 Å². The molecule has 0 N–H and O–H groups in total. The second-order valence-electron chi connectivity index (χ2n) is 2.61. The van der Waals surface area contributed by atoms with Crippen LogP contribution in [0.2, 0.25) is 5.15 Å². The molecule has 0 amide bonds. The van der Waals surface area contributed by atoms with Gasteiger partial charge in [0.25, 0.3) is 11.7 Å². The molecule has 0 aromatic carbocycles. The van der Waals surface area contributed by atoms with E-state index in [4.69, 9.17) is 23.2 Å². The van der Waals surface area contributed by atoms with E-state index in [1.807, 2.05) is 0 Å². The van der Waals surface area contributed by atoms with Gasteiger partial charge < -0.3 is 0 Å². The maximum Gasteiger partial charge on any atom is 0.271 e. The van der Waals surface area contributed by atoms with Crippen LogP contribution in [0.5, 0.6) is 0 Å². The molecule has 0 atom stereocenters. The molecule has 0 unspecified atom stereocenters. The Kier molecular flexibility index (Phi) is 3.39. The summed E-state index contributed by atoms with van der Waals surface area (Å²) >= 11 is 10.6. The molecule has 0 bridgehead atoms. The molecule has 1 rings (SSSR count). The summed E-state index contributed by atoms with van der Waals surface area (Å²) in [5.74, 6) is 0. The van der Waals surface area contributed by atoms with Crippen molar-refractivity contribution in [2.24, 2.45) is 0 Å². The maximum absolute atomic E-state index is 12.3. The van der Waals surface area contributed by atoms with Gasteiger partial charge in [0.1, 0.15) is 10.8 Å². The number of pyridine rings is 1. The van der Waals surface area contributed by atoms with Crippen LogP contribution in [0.3, 0.4) is 0 Å². The number of hydrogen-bond donors (Lipinski definition) is 0. The fraction of sp³-hybridized carbons (Fsp3) is 0.250. The fourth-order valence-corrected chi connectivity index (χ4v) is 1.38. The van der Waals surface area contributed by atoms with Crippen molar-refractivity contribution >= 4 is 28.4 Å². The molecule has 1 aromatic rings. The third-order valence-corrected chi connectivity index (χ3v) is 2.10. The average Bonchev–Trinajstić information content (AvgIpc) is 2.07. The third kappa shape index (κ3) is 2.19. The zero-order valence-corrected chi connectivity index (χ0v) is 8.53. The van der Waals surface area contributed by atoms with E-state index in [1.165, 1.54) is 6.92 Å². The zero-order valence-electron chi connectivity index (χ0n) is 7.02. The Labute approximate surface area is 88.8 Å². The predicted molar refractivity (Wildman–Crippen MR) is 49.1 cm³/mol. The summed E-state index contributed by atoms with van der Waals surface area (Å²) in [7, 11) is 0. The van der Waals surface area contributed by atoms with Gasteiger partial charge in [-0.3, -0.25) is 4.79 Å². The monoisotopic (exact) mass is 239 g/mol. The minimum atomic E-state index is -2.71. The number of aromatic nitrogens is 1. The Morgan fingerprint density at radius 2 is 2.14 bits per heavy atom. The maximum atomic E-state index is 12.3. The van der Waals surface area contributed by atoms with E-state index in [9.17, 15) is 13.6 Å². The van der Waals surface area contributed by atoms with Crippen molar-refractivity contribution < 1.29 is 13.6 Å². The molecule has 0 aliphatic rings. The minimum Gasteiger partial charge on any atom is -0.274 e. The highest BCUT2D eigenvalue weighted by atomic mass is 35.5. The van der Waals surface area contributed by atoms with Crippen molar-refractivity contribution in [3.05, 3.63) is 28.0 Å². The molecule has 0 fully saturated rings. The van der Waals surface area contributed by atoms with Crippen LogP contribution in [0, 0.1) is 6.92 Å². The molecule has 0 saturated carbocycles. The highest BCUT2D eigenvalue weighted by Gasteiger charge is 2.17. The van der Waals surface area contributed by atoms with Gasteiger partial charge in [-0.1, -0.05) is 11.6 Å². The normalized spacial score (nSPS) is 10.7. The minimum absolute atomic E-state index is 0.0962. The lowest BCUT2D eigenvalue weighted by molar-refractivity contribution is 0.107. The molecule has 0 radical (unpaired) electrons. The summed E-state index contributed by atoms with van der Waals surface area (Å²) < 4.78 is 24.6. The van der Waals surface area contributed by atoms with Crippen LogP contribution in [0.25, 0.3) is 0 Å². The second-order valence-corrected chi connectivity index (χ2v) is 3.31. The number of aryl methyl sites for hydroxylation is 1. The van der Waals surface area contributed by atoms with Crippen LogP contribution in [-0.2, 0) is 0 Å². The fourth-order valence-electron chi connectivity index (χ4n) is 0.964. The molecule has 2 nitrogen and oxygen atoms in total. The van der Waals surface area contributed by atoms with Crippen LogP contribution in [0.4, 0.5) is 8.78 Å². The summed E-state index contributed by atoms with van der Waals surface area (Å²) in [6.07, 6.45) is -2.71. The Morgan fingerprint density at radius 1 is 1.57 bits per heavy atom. The van der Waals surface area contributed by atoms with Crippen LogP contribution in [-0.4, -0.2) is 10.2 Å². The van der Waals surface area contributed by atoms with Gasteiger partial charge in [0.05, 0.1) is 5.56 Å². The molecule has 0 saturated heterocycles. The number of nitrogens with zero attached hydrogens (tertiary/aromatic N) is 1. The Hall–Kier alpha value is -0.740. The number of hydrogen-bond acceptors (Lipinski definition) is 2. The number of rotatable bonds is 2. The van der Waals surface area contributed by atoms with E-state index >= 15 is 0 Å². The smallest absolute Gasteiger partial charge is 0.271 e. The molecule has 0 spiro atoms. The predicted octanol–water partition coefficient (Wildman–Crippen LogP) is 3.36. The standard InChI is InChI=1S/C8H5Cl2F2NO/c1-3-2-4(8(11)12)6(9)13-5(3)7(10)14/h2,8H,1H3. The first-order valence-electron chi connectivity index (χ1n) is 3.58. The van der Waals surface area contributed by atoms with Gasteiger partial charge >= 0.3 is 0 Å². The molecule has 6 heteroatoms.